The van der Waals surface area contributed by atoms with Crippen LogP contribution in [0.3, 0.4) is 0 Å². The van der Waals surface area contributed by atoms with Crippen molar-refractivity contribution in [3.63, 3.8) is 0 Å². The van der Waals surface area contributed by atoms with Crippen LogP contribution in [0.1, 0.15) is 29.7 Å². The highest BCUT2D eigenvalue weighted by atomic mass is 16.5. The van der Waals surface area contributed by atoms with Crippen LogP contribution in [0.4, 0.5) is 11.7 Å². The van der Waals surface area contributed by atoms with Gasteiger partial charge in [0.15, 0.2) is 0 Å². The summed E-state index contributed by atoms with van der Waals surface area (Å²) in [4.78, 5) is 11.9. The molecule has 180 valence electrons. The molecule has 0 spiro atoms. The van der Waals surface area contributed by atoms with Gasteiger partial charge in [-0.15, -0.1) is 0 Å². The van der Waals surface area contributed by atoms with Gasteiger partial charge < -0.3 is 23.7 Å². The van der Waals surface area contributed by atoms with Crippen LogP contribution in [0.15, 0.2) is 59.2 Å². The van der Waals surface area contributed by atoms with Crippen LogP contribution in [0.25, 0.3) is 0 Å². The van der Waals surface area contributed by atoms with Gasteiger partial charge in [-0.05, 0) is 48.2 Å². The Bertz CT molecular complexity index is 1040. The number of hydrogen-bond donors (Lipinski definition) is 0. The van der Waals surface area contributed by atoms with E-state index < -0.39 is 0 Å². The van der Waals surface area contributed by atoms with Crippen LogP contribution in [0, 0.1) is 0 Å². The second-order valence-corrected chi connectivity index (χ2v) is 9.08. The number of oxazole rings is 1. The highest BCUT2D eigenvalue weighted by molar-refractivity contribution is 5.49. The largest absolute Gasteiger partial charge is 0.497 e. The molecule has 2 fully saturated rings. The van der Waals surface area contributed by atoms with Crippen LogP contribution in [-0.4, -0.2) is 56.4 Å². The summed E-state index contributed by atoms with van der Waals surface area (Å²) in [6, 6.07) is 17.8. The first kappa shape index (κ1) is 22.7. The Morgan fingerprint density at radius 1 is 0.941 bits per heavy atom. The van der Waals surface area contributed by atoms with Crippen molar-refractivity contribution < 1.29 is 13.9 Å². The Kier molecular flexibility index (Phi) is 7.31. The zero-order valence-corrected chi connectivity index (χ0v) is 20.0. The van der Waals surface area contributed by atoms with E-state index in [0.717, 1.165) is 69.5 Å². The first-order chi connectivity index (χ1) is 16.8. The molecule has 34 heavy (non-hydrogen) atoms. The van der Waals surface area contributed by atoms with Crippen molar-refractivity contribution in [2.75, 3.05) is 56.3 Å². The second kappa shape index (κ2) is 10.9. The molecule has 3 aromatic rings. The summed E-state index contributed by atoms with van der Waals surface area (Å²) in [6.07, 6.45) is 4.36. The third-order valence-electron chi connectivity index (χ3n) is 6.59. The predicted molar refractivity (Wildman–Crippen MR) is 133 cm³/mol. The molecular formula is C27H34N4O3. The molecule has 0 unspecified atom stereocenters. The van der Waals surface area contributed by atoms with Crippen LogP contribution < -0.4 is 14.5 Å². The maximum absolute atomic E-state index is 5.99. The number of rotatable bonds is 9. The zero-order valence-electron chi connectivity index (χ0n) is 20.0. The second-order valence-electron chi connectivity index (χ2n) is 9.08. The van der Waals surface area contributed by atoms with Gasteiger partial charge in [0.2, 0.25) is 0 Å². The van der Waals surface area contributed by atoms with E-state index in [1.165, 1.54) is 24.1 Å². The van der Waals surface area contributed by atoms with E-state index in [1.807, 2.05) is 12.1 Å². The molecule has 0 amide bonds. The van der Waals surface area contributed by atoms with E-state index in [1.54, 1.807) is 13.4 Å². The highest BCUT2D eigenvalue weighted by Crippen LogP contribution is 2.25. The van der Waals surface area contributed by atoms with E-state index in [0.29, 0.717) is 12.6 Å². The SMILES string of the molecule is COc1cccc(CN(Cc2ccc(N3CCCC3)cc2)c2nc(CN3CCOCC3)co2)c1. The lowest BCUT2D eigenvalue weighted by molar-refractivity contribution is 0.0336. The van der Waals surface area contributed by atoms with Gasteiger partial charge in [-0.25, -0.2) is 0 Å². The molecule has 5 rings (SSSR count). The minimum atomic E-state index is 0.648. The molecule has 2 aromatic carbocycles. The van der Waals surface area contributed by atoms with E-state index in [-0.39, 0.29) is 0 Å². The van der Waals surface area contributed by atoms with Crippen molar-refractivity contribution in [3.8, 4) is 5.75 Å². The average Bonchev–Trinajstić information content (AvgIpc) is 3.58. The Labute approximate surface area is 201 Å². The molecule has 2 aliphatic rings. The lowest BCUT2D eigenvalue weighted by atomic mass is 10.1. The summed E-state index contributed by atoms with van der Waals surface area (Å²) in [6.45, 7) is 7.91. The third-order valence-corrected chi connectivity index (χ3v) is 6.59. The maximum atomic E-state index is 5.99. The minimum Gasteiger partial charge on any atom is -0.497 e. The number of anilines is 2. The zero-order chi connectivity index (χ0) is 23.2. The molecule has 0 radical (unpaired) electrons. The Morgan fingerprint density at radius 3 is 2.47 bits per heavy atom. The van der Waals surface area contributed by atoms with E-state index in [9.17, 15) is 0 Å². The molecule has 3 heterocycles. The van der Waals surface area contributed by atoms with Crippen molar-refractivity contribution in [1.82, 2.24) is 9.88 Å². The molecule has 0 aliphatic carbocycles. The first-order valence-corrected chi connectivity index (χ1v) is 12.2. The third kappa shape index (κ3) is 5.72. The number of nitrogens with zero attached hydrogens (tertiary/aromatic N) is 4. The number of benzene rings is 2. The van der Waals surface area contributed by atoms with Crippen molar-refractivity contribution >= 4 is 11.7 Å². The van der Waals surface area contributed by atoms with Gasteiger partial charge >= 0.3 is 0 Å². The summed E-state index contributed by atoms with van der Waals surface area (Å²) in [5, 5.41) is 0. The quantitative estimate of drug-likeness (QED) is 0.469. The van der Waals surface area contributed by atoms with Crippen molar-refractivity contribution in [2.45, 2.75) is 32.5 Å². The van der Waals surface area contributed by atoms with Crippen LogP contribution in [-0.2, 0) is 24.4 Å². The average molecular weight is 463 g/mol. The Hall–Kier alpha value is -3.03. The predicted octanol–water partition coefficient (Wildman–Crippen LogP) is 4.32. The fourth-order valence-corrected chi connectivity index (χ4v) is 4.69. The van der Waals surface area contributed by atoms with Crippen molar-refractivity contribution in [3.05, 3.63) is 71.6 Å². The molecule has 0 atom stereocenters. The maximum Gasteiger partial charge on any atom is 0.298 e. The number of hydrogen-bond acceptors (Lipinski definition) is 7. The topological polar surface area (TPSA) is 54.2 Å². The van der Waals surface area contributed by atoms with Gasteiger partial charge in [-0.2, -0.15) is 4.98 Å². The van der Waals surface area contributed by atoms with Gasteiger partial charge in [-0.3, -0.25) is 4.90 Å². The first-order valence-electron chi connectivity index (χ1n) is 12.2. The van der Waals surface area contributed by atoms with Crippen molar-refractivity contribution in [1.29, 1.82) is 0 Å². The molecule has 0 saturated carbocycles. The van der Waals surface area contributed by atoms with Gasteiger partial charge in [0.25, 0.3) is 6.01 Å². The van der Waals surface area contributed by atoms with Gasteiger partial charge in [0.05, 0.1) is 26.0 Å². The number of ether oxygens (including phenoxy) is 2. The van der Waals surface area contributed by atoms with Crippen LogP contribution in [0.2, 0.25) is 0 Å². The van der Waals surface area contributed by atoms with Gasteiger partial charge in [0.1, 0.15) is 12.0 Å². The molecule has 7 heteroatoms. The van der Waals surface area contributed by atoms with Gasteiger partial charge in [0, 0.05) is 51.5 Å². The number of morpholine rings is 1. The highest BCUT2D eigenvalue weighted by Gasteiger charge is 2.18. The standard InChI is InChI=1S/C27H34N4O3/c1-32-26-6-4-5-23(17-26)19-31(18-22-7-9-25(10-8-22)30-11-2-3-12-30)27-28-24(21-34-27)20-29-13-15-33-16-14-29/h4-10,17,21H,2-3,11-16,18-20H2,1H3. The summed E-state index contributed by atoms with van der Waals surface area (Å²) in [7, 11) is 1.70. The lowest BCUT2D eigenvalue weighted by Crippen LogP contribution is -2.35. The molecule has 0 bridgehead atoms. The molecule has 2 aliphatic heterocycles. The monoisotopic (exact) mass is 462 g/mol. The summed E-state index contributed by atoms with van der Waals surface area (Å²) in [5.74, 6) is 0.854. The normalized spacial score (nSPS) is 16.7. The minimum absolute atomic E-state index is 0.648. The van der Waals surface area contributed by atoms with E-state index >= 15 is 0 Å². The van der Waals surface area contributed by atoms with Crippen molar-refractivity contribution in [2.24, 2.45) is 0 Å². The fraction of sp³-hybridized carbons (Fsp3) is 0.444. The molecule has 0 N–H and O–H groups in total. The fourth-order valence-electron chi connectivity index (χ4n) is 4.69. The molecule has 1 aromatic heterocycles. The lowest BCUT2D eigenvalue weighted by Gasteiger charge is -2.25. The van der Waals surface area contributed by atoms with E-state index in [4.69, 9.17) is 18.9 Å². The van der Waals surface area contributed by atoms with Crippen LogP contribution in [0.5, 0.6) is 5.75 Å². The Morgan fingerprint density at radius 2 is 1.71 bits per heavy atom. The van der Waals surface area contributed by atoms with Gasteiger partial charge in [-0.1, -0.05) is 24.3 Å². The van der Waals surface area contributed by atoms with Crippen LogP contribution >= 0.6 is 0 Å². The molecule has 7 nitrogen and oxygen atoms in total. The number of methoxy groups -OCH3 is 1. The smallest absolute Gasteiger partial charge is 0.298 e. The summed E-state index contributed by atoms with van der Waals surface area (Å²) in [5.41, 5.74) is 4.65. The van der Waals surface area contributed by atoms with E-state index in [2.05, 4.69) is 51.1 Å². The molecular weight excluding hydrogens is 428 g/mol. The summed E-state index contributed by atoms with van der Waals surface area (Å²) < 4.78 is 16.9. The number of aromatic nitrogens is 1. The Balaban J connectivity index is 1.33. The molecule has 2 saturated heterocycles. The summed E-state index contributed by atoms with van der Waals surface area (Å²) >= 11 is 0.